The van der Waals surface area contributed by atoms with Crippen molar-refractivity contribution in [1.29, 1.82) is 0 Å². The maximum absolute atomic E-state index is 13.5. The molecule has 2 saturated heterocycles. The predicted molar refractivity (Wildman–Crippen MR) is 129 cm³/mol. The van der Waals surface area contributed by atoms with Gasteiger partial charge >= 0.3 is 6.03 Å². The molecule has 0 aliphatic carbocycles. The molecule has 2 aliphatic rings. The van der Waals surface area contributed by atoms with Crippen LogP contribution in [-0.4, -0.2) is 60.5 Å². The molecular weight excluding hydrogens is 451 g/mol. The number of carbonyl (C=O) groups is 3. The van der Waals surface area contributed by atoms with Gasteiger partial charge in [-0.2, -0.15) is 0 Å². The summed E-state index contributed by atoms with van der Waals surface area (Å²) in [5, 5.41) is 5.54. The van der Waals surface area contributed by atoms with Gasteiger partial charge in [-0.15, -0.1) is 0 Å². The fourth-order valence-corrected chi connectivity index (χ4v) is 4.51. The van der Waals surface area contributed by atoms with E-state index >= 15 is 0 Å². The van der Waals surface area contributed by atoms with Gasteiger partial charge in [0.25, 0.3) is 5.91 Å². The Kier molecular flexibility index (Phi) is 7.77. The number of rotatable bonds is 9. The van der Waals surface area contributed by atoms with E-state index in [9.17, 15) is 18.8 Å². The van der Waals surface area contributed by atoms with Crippen LogP contribution in [0.25, 0.3) is 0 Å². The van der Waals surface area contributed by atoms with Gasteiger partial charge in [-0.05, 0) is 41.8 Å². The predicted octanol–water partition coefficient (Wildman–Crippen LogP) is 3.23. The summed E-state index contributed by atoms with van der Waals surface area (Å²) >= 11 is 0. The van der Waals surface area contributed by atoms with E-state index in [1.54, 1.807) is 0 Å². The third kappa shape index (κ3) is 5.68. The van der Waals surface area contributed by atoms with Crippen LogP contribution in [0.1, 0.15) is 37.3 Å². The van der Waals surface area contributed by atoms with Crippen molar-refractivity contribution >= 4 is 23.5 Å². The van der Waals surface area contributed by atoms with E-state index in [-0.39, 0.29) is 0 Å². The molecule has 4 rings (SSSR count). The molecule has 0 unspecified atom stereocenters. The summed E-state index contributed by atoms with van der Waals surface area (Å²) < 4.78 is 18.9. The minimum absolute atomic E-state index is 0.364. The molecule has 0 aromatic heterocycles. The first-order valence-electron chi connectivity index (χ1n) is 12.0. The number of unbranched alkanes of at least 4 members (excludes halogenated alkanes) is 1. The second-order valence-corrected chi connectivity index (χ2v) is 8.97. The Hall–Kier alpha value is -3.30. The summed E-state index contributed by atoms with van der Waals surface area (Å²) in [5.41, 5.74) is 0.911. The van der Waals surface area contributed by atoms with Crippen LogP contribution in [0.2, 0.25) is 0 Å². The minimum atomic E-state index is -1.30. The van der Waals surface area contributed by atoms with Gasteiger partial charge < -0.3 is 15.4 Å². The van der Waals surface area contributed by atoms with E-state index in [4.69, 9.17) is 4.74 Å². The first kappa shape index (κ1) is 24.8. The average molecular weight is 483 g/mol. The molecule has 2 aliphatic heterocycles. The highest BCUT2D eigenvalue weighted by Gasteiger charge is 2.52. The number of anilines is 1. The highest BCUT2D eigenvalue weighted by atomic mass is 19.1. The van der Waals surface area contributed by atoms with Gasteiger partial charge in [-0.1, -0.05) is 44.0 Å². The number of morpholine rings is 1. The molecule has 2 heterocycles. The summed E-state index contributed by atoms with van der Waals surface area (Å²) in [5.74, 6) is -1.40. The molecule has 2 aromatic rings. The van der Waals surface area contributed by atoms with Gasteiger partial charge in [0.2, 0.25) is 5.91 Å². The lowest BCUT2D eigenvalue weighted by Crippen LogP contribution is -2.44. The van der Waals surface area contributed by atoms with Crippen LogP contribution in [0, 0.1) is 5.82 Å². The number of ether oxygens (including phenoxy) is 1. The average Bonchev–Trinajstić information content (AvgIpc) is 3.10. The van der Waals surface area contributed by atoms with E-state index < -0.39 is 35.7 Å². The van der Waals surface area contributed by atoms with Gasteiger partial charge in [0.1, 0.15) is 17.9 Å². The Balaban J connectivity index is 1.40. The number of urea groups is 1. The van der Waals surface area contributed by atoms with Crippen molar-refractivity contribution in [3.63, 3.8) is 0 Å². The lowest BCUT2D eigenvalue weighted by molar-refractivity contribution is -0.134. The summed E-state index contributed by atoms with van der Waals surface area (Å²) in [6.45, 7) is 5.63. The summed E-state index contributed by atoms with van der Waals surface area (Å²) in [4.78, 5) is 42.1. The van der Waals surface area contributed by atoms with Crippen molar-refractivity contribution in [2.24, 2.45) is 0 Å². The fraction of sp³-hybridized carbons (Fsp3) is 0.423. The summed E-state index contributed by atoms with van der Waals surface area (Å²) in [6.07, 6.45) is 1.86. The zero-order valence-corrected chi connectivity index (χ0v) is 19.9. The number of amides is 4. The number of imide groups is 1. The number of carbonyl (C=O) groups excluding carboxylic acids is 3. The van der Waals surface area contributed by atoms with Gasteiger partial charge in [0.05, 0.1) is 13.2 Å². The van der Waals surface area contributed by atoms with Crippen molar-refractivity contribution in [1.82, 2.24) is 15.1 Å². The van der Waals surface area contributed by atoms with E-state index in [2.05, 4.69) is 15.5 Å². The quantitative estimate of drug-likeness (QED) is 0.536. The smallest absolute Gasteiger partial charge is 0.325 e. The molecule has 8 nitrogen and oxygen atoms in total. The van der Waals surface area contributed by atoms with E-state index in [0.717, 1.165) is 49.7 Å². The number of hydrogen-bond acceptors (Lipinski definition) is 5. The molecule has 1 atom stereocenters. The molecule has 2 aromatic carbocycles. The second-order valence-electron chi connectivity index (χ2n) is 8.97. The van der Waals surface area contributed by atoms with Crippen LogP contribution in [0.4, 0.5) is 14.9 Å². The van der Waals surface area contributed by atoms with Gasteiger partial charge in [0.15, 0.2) is 0 Å². The number of nitrogens with one attached hydrogen (secondary N) is 2. The van der Waals surface area contributed by atoms with Gasteiger partial charge in [0, 0.05) is 25.3 Å². The van der Waals surface area contributed by atoms with Crippen molar-refractivity contribution in [3.8, 4) is 0 Å². The minimum Gasteiger partial charge on any atom is -0.379 e. The first-order chi connectivity index (χ1) is 16.9. The zero-order chi connectivity index (χ0) is 24.8. The number of nitrogens with zero attached hydrogens (tertiary/aromatic N) is 2. The molecule has 0 bridgehead atoms. The van der Waals surface area contributed by atoms with Crippen molar-refractivity contribution in [2.75, 3.05) is 38.2 Å². The standard InChI is InChI=1S/C26H31FN4O4/c1-2-3-12-26(20-6-8-21(27)9-7-20)24(33)31(25(34)29-26)18-23(32)28-22-10-4-19(5-11-22)17-30-13-15-35-16-14-30/h4-11H,2-3,12-18H2,1H3,(H,28,32)(H,29,34)/t26-/m1/s1. The van der Waals surface area contributed by atoms with Crippen LogP contribution in [0.5, 0.6) is 0 Å². The highest BCUT2D eigenvalue weighted by Crippen LogP contribution is 2.34. The Morgan fingerprint density at radius 3 is 2.43 bits per heavy atom. The van der Waals surface area contributed by atoms with E-state index in [0.29, 0.717) is 24.1 Å². The zero-order valence-electron chi connectivity index (χ0n) is 19.9. The normalized spacial score (nSPS) is 20.7. The Labute approximate surface area is 204 Å². The molecule has 35 heavy (non-hydrogen) atoms. The van der Waals surface area contributed by atoms with E-state index in [1.807, 2.05) is 31.2 Å². The molecular formula is C26H31FN4O4. The SMILES string of the molecule is CCCC[C@]1(c2ccc(F)cc2)NC(=O)N(CC(=O)Nc2ccc(CN3CCOCC3)cc2)C1=O. The highest BCUT2D eigenvalue weighted by molar-refractivity contribution is 6.10. The molecule has 0 saturated carbocycles. The molecule has 9 heteroatoms. The Morgan fingerprint density at radius 1 is 1.09 bits per heavy atom. The Morgan fingerprint density at radius 2 is 1.77 bits per heavy atom. The van der Waals surface area contributed by atoms with Crippen LogP contribution in [-0.2, 0) is 26.4 Å². The lowest BCUT2D eigenvalue weighted by atomic mass is 9.85. The van der Waals surface area contributed by atoms with Crippen LogP contribution < -0.4 is 10.6 Å². The largest absolute Gasteiger partial charge is 0.379 e. The third-order valence-corrected chi connectivity index (χ3v) is 6.47. The molecule has 0 radical (unpaired) electrons. The molecule has 2 N–H and O–H groups in total. The van der Waals surface area contributed by atoms with Crippen molar-refractivity contribution in [2.45, 2.75) is 38.3 Å². The van der Waals surface area contributed by atoms with Crippen molar-refractivity contribution < 1.29 is 23.5 Å². The maximum atomic E-state index is 13.5. The van der Waals surface area contributed by atoms with Crippen LogP contribution in [0.3, 0.4) is 0 Å². The monoisotopic (exact) mass is 482 g/mol. The topological polar surface area (TPSA) is 91.0 Å². The molecule has 0 spiro atoms. The molecule has 186 valence electrons. The van der Waals surface area contributed by atoms with Crippen molar-refractivity contribution in [3.05, 3.63) is 65.5 Å². The lowest BCUT2D eigenvalue weighted by Gasteiger charge is -2.27. The fourth-order valence-electron chi connectivity index (χ4n) is 4.51. The van der Waals surface area contributed by atoms with Gasteiger partial charge in [-0.25, -0.2) is 9.18 Å². The number of halogens is 1. The number of benzene rings is 2. The van der Waals surface area contributed by atoms with Crippen LogP contribution in [0.15, 0.2) is 48.5 Å². The number of hydrogen-bond donors (Lipinski definition) is 2. The first-order valence-corrected chi connectivity index (χ1v) is 12.0. The summed E-state index contributed by atoms with van der Waals surface area (Å²) in [6, 6.07) is 12.4. The van der Waals surface area contributed by atoms with E-state index in [1.165, 1.54) is 24.3 Å². The molecule has 2 fully saturated rings. The van der Waals surface area contributed by atoms with Gasteiger partial charge in [-0.3, -0.25) is 19.4 Å². The maximum Gasteiger partial charge on any atom is 0.325 e. The van der Waals surface area contributed by atoms with Crippen LogP contribution >= 0.6 is 0 Å². The molecule has 4 amide bonds. The Bertz CT molecular complexity index is 1050. The summed E-state index contributed by atoms with van der Waals surface area (Å²) in [7, 11) is 0. The third-order valence-electron chi connectivity index (χ3n) is 6.47. The second kappa shape index (κ2) is 11.0.